The van der Waals surface area contributed by atoms with E-state index in [4.69, 9.17) is 16.3 Å². The summed E-state index contributed by atoms with van der Waals surface area (Å²) in [6.45, 7) is 3.14. The molecule has 0 saturated heterocycles. The summed E-state index contributed by atoms with van der Waals surface area (Å²) in [7, 11) is 0. The molecule has 31 heavy (non-hydrogen) atoms. The first kappa shape index (κ1) is 22.1. The number of carbonyl (C=O) groups excluding carboxylic acids is 1. The van der Waals surface area contributed by atoms with Crippen LogP contribution in [0.5, 0.6) is 17.4 Å². The summed E-state index contributed by atoms with van der Waals surface area (Å²) in [6.07, 6.45) is -2.13. The molecule has 3 aromatic rings. The van der Waals surface area contributed by atoms with Crippen LogP contribution < -0.4 is 20.1 Å². The molecule has 3 rings (SSSR count). The second-order valence-electron chi connectivity index (χ2n) is 6.16. The zero-order chi connectivity index (χ0) is 22.6. The van der Waals surface area contributed by atoms with Gasteiger partial charge in [-0.25, -0.2) is 19.7 Å². The smallest absolute Gasteiger partial charge is 0.439 e. The summed E-state index contributed by atoms with van der Waals surface area (Å²) in [5.74, 6) is 0.285. The molecular weight excluding hydrogens is 439 g/mol. The van der Waals surface area contributed by atoms with E-state index in [0.29, 0.717) is 17.1 Å². The summed E-state index contributed by atoms with van der Waals surface area (Å²) in [6, 6.07) is 6.34. The van der Waals surface area contributed by atoms with Gasteiger partial charge in [0.25, 0.3) is 0 Å². The van der Waals surface area contributed by atoms with Crippen molar-refractivity contribution in [1.82, 2.24) is 15.0 Å². The number of aromatic nitrogens is 3. The molecule has 0 aliphatic heterocycles. The molecule has 0 unspecified atom stereocenters. The molecule has 162 valence electrons. The van der Waals surface area contributed by atoms with Gasteiger partial charge in [-0.05, 0) is 31.5 Å². The summed E-state index contributed by atoms with van der Waals surface area (Å²) >= 11 is 5.94. The Bertz CT molecular complexity index is 1090. The Morgan fingerprint density at radius 1 is 1.06 bits per heavy atom. The number of urea groups is 1. The Hall–Kier alpha value is -3.60. The van der Waals surface area contributed by atoms with Crippen molar-refractivity contribution in [1.29, 1.82) is 0 Å². The summed E-state index contributed by atoms with van der Waals surface area (Å²) in [5.41, 5.74) is 0.857. The minimum atomic E-state index is -4.82. The average molecular weight is 454 g/mol. The van der Waals surface area contributed by atoms with Gasteiger partial charge in [-0.1, -0.05) is 17.7 Å². The number of hydrogen-bond donors (Lipinski definition) is 2. The fourth-order valence-corrected chi connectivity index (χ4v) is 2.54. The molecule has 0 aliphatic carbocycles. The molecule has 2 aromatic heterocycles. The predicted molar refractivity (Wildman–Crippen MR) is 107 cm³/mol. The largest absolute Gasteiger partial charge is 0.573 e. The Labute approximate surface area is 179 Å². The maximum Gasteiger partial charge on any atom is 0.573 e. The van der Waals surface area contributed by atoms with Gasteiger partial charge in [0.05, 0.1) is 23.8 Å². The maximum atomic E-state index is 12.5. The van der Waals surface area contributed by atoms with Crippen molar-refractivity contribution in [2.75, 3.05) is 10.6 Å². The van der Waals surface area contributed by atoms with E-state index < -0.39 is 12.4 Å². The number of nitrogens with zero attached hydrogens (tertiary/aromatic N) is 3. The van der Waals surface area contributed by atoms with E-state index in [2.05, 4.69) is 30.3 Å². The highest BCUT2D eigenvalue weighted by molar-refractivity contribution is 6.32. The number of aryl methyl sites for hydroxylation is 2. The lowest BCUT2D eigenvalue weighted by atomic mass is 10.2. The van der Waals surface area contributed by atoms with E-state index in [9.17, 15) is 18.0 Å². The fraction of sp³-hybridized carbons (Fsp3) is 0.158. The van der Waals surface area contributed by atoms with Crippen LogP contribution in [0.1, 0.15) is 11.4 Å². The molecule has 12 heteroatoms. The van der Waals surface area contributed by atoms with E-state index in [-0.39, 0.29) is 28.2 Å². The van der Waals surface area contributed by atoms with Gasteiger partial charge in [0.2, 0.25) is 5.88 Å². The third-order valence-electron chi connectivity index (χ3n) is 3.71. The molecule has 0 bridgehead atoms. The quantitative estimate of drug-likeness (QED) is 0.496. The third-order valence-corrected chi connectivity index (χ3v) is 4.00. The van der Waals surface area contributed by atoms with Crippen LogP contribution in [0.25, 0.3) is 0 Å². The molecule has 0 radical (unpaired) electrons. The van der Waals surface area contributed by atoms with Crippen molar-refractivity contribution in [3.05, 3.63) is 59.3 Å². The lowest BCUT2D eigenvalue weighted by Crippen LogP contribution is -2.20. The van der Waals surface area contributed by atoms with Gasteiger partial charge in [-0.15, -0.1) is 13.2 Å². The predicted octanol–water partition coefficient (Wildman–Crippen LogP) is 5.48. The lowest BCUT2D eigenvalue weighted by Gasteiger charge is -2.13. The molecule has 0 atom stereocenters. The van der Waals surface area contributed by atoms with Gasteiger partial charge in [0, 0.05) is 12.1 Å². The standard InChI is InChI=1S/C19H15ClF3N5O3/c1-10-3-5-13(7-15(10)31-19(21,22)23)30-16-6-4-12(8-25-16)27-18(29)28-14-9-24-11(2)26-17(14)20/h3-9H,1-2H3,(H2,27,28,29). The first-order valence-corrected chi connectivity index (χ1v) is 9.04. The molecule has 8 nitrogen and oxygen atoms in total. The SMILES string of the molecule is Cc1ncc(NC(=O)Nc2ccc(Oc3ccc(C)c(OC(F)(F)F)c3)nc2)c(Cl)n1. The Morgan fingerprint density at radius 3 is 2.48 bits per heavy atom. The molecule has 0 aliphatic rings. The first-order chi connectivity index (χ1) is 14.6. The van der Waals surface area contributed by atoms with Crippen LogP contribution in [0.15, 0.2) is 42.7 Å². The lowest BCUT2D eigenvalue weighted by molar-refractivity contribution is -0.274. The molecule has 2 heterocycles. The zero-order valence-electron chi connectivity index (χ0n) is 16.1. The van der Waals surface area contributed by atoms with Crippen LogP contribution >= 0.6 is 11.6 Å². The Kier molecular flexibility index (Phi) is 6.44. The Balaban J connectivity index is 1.62. The second-order valence-corrected chi connectivity index (χ2v) is 6.52. The number of alkyl halides is 3. The van der Waals surface area contributed by atoms with E-state index in [0.717, 1.165) is 6.07 Å². The number of rotatable bonds is 5. The molecule has 2 N–H and O–H groups in total. The summed E-state index contributed by atoms with van der Waals surface area (Å²) < 4.78 is 46.8. The highest BCUT2D eigenvalue weighted by atomic mass is 35.5. The Morgan fingerprint density at radius 2 is 1.84 bits per heavy atom. The number of pyridine rings is 1. The third kappa shape index (κ3) is 6.44. The number of carbonyl (C=O) groups is 1. The number of hydrogen-bond acceptors (Lipinski definition) is 6. The minimum absolute atomic E-state index is 0.0940. The monoisotopic (exact) mass is 453 g/mol. The zero-order valence-corrected chi connectivity index (χ0v) is 16.9. The van der Waals surface area contributed by atoms with Crippen LogP contribution in [-0.2, 0) is 0 Å². The van der Waals surface area contributed by atoms with Gasteiger partial charge < -0.3 is 20.1 Å². The van der Waals surface area contributed by atoms with Crippen LogP contribution in [-0.4, -0.2) is 27.3 Å². The van der Waals surface area contributed by atoms with Crippen molar-refractivity contribution in [3.8, 4) is 17.4 Å². The molecule has 0 saturated carbocycles. The number of halogens is 4. The van der Waals surface area contributed by atoms with Gasteiger partial charge in [0.1, 0.15) is 17.3 Å². The van der Waals surface area contributed by atoms with Gasteiger partial charge in [-0.3, -0.25) is 0 Å². The van der Waals surface area contributed by atoms with Crippen LogP contribution in [0.4, 0.5) is 29.3 Å². The summed E-state index contributed by atoms with van der Waals surface area (Å²) in [4.78, 5) is 24.0. The van der Waals surface area contributed by atoms with Gasteiger partial charge in [-0.2, -0.15) is 0 Å². The fourth-order valence-electron chi connectivity index (χ4n) is 2.32. The van der Waals surface area contributed by atoms with Crippen LogP contribution in [0.2, 0.25) is 5.15 Å². The number of anilines is 2. The molecule has 0 spiro atoms. The molecule has 2 amide bonds. The van der Waals surface area contributed by atoms with Gasteiger partial charge >= 0.3 is 12.4 Å². The number of amides is 2. The van der Waals surface area contributed by atoms with E-state index in [1.807, 2.05) is 0 Å². The van der Waals surface area contributed by atoms with Crippen molar-refractivity contribution in [2.24, 2.45) is 0 Å². The van der Waals surface area contributed by atoms with Gasteiger partial charge in [0.15, 0.2) is 5.15 Å². The van der Waals surface area contributed by atoms with Crippen molar-refractivity contribution in [3.63, 3.8) is 0 Å². The topological polar surface area (TPSA) is 98.3 Å². The molecule has 0 fully saturated rings. The van der Waals surface area contributed by atoms with E-state index in [1.165, 1.54) is 43.6 Å². The highest BCUT2D eigenvalue weighted by Crippen LogP contribution is 2.31. The summed E-state index contributed by atoms with van der Waals surface area (Å²) in [5, 5.41) is 5.13. The highest BCUT2D eigenvalue weighted by Gasteiger charge is 2.31. The number of nitrogens with one attached hydrogen (secondary N) is 2. The molecular formula is C19H15ClF3N5O3. The van der Waals surface area contributed by atoms with Crippen molar-refractivity contribution in [2.45, 2.75) is 20.2 Å². The number of benzene rings is 1. The first-order valence-electron chi connectivity index (χ1n) is 8.66. The normalized spacial score (nSPS) is 11.0. The second kappa shape index (κ2) is 9.04. The van der Waals surface area contributed by atoms with Crippen molar-refractivity contribution < 1.29 is 27.4 Å². The van der Waals surface area contributed by atoms with E-state index in [1.54, 1.807) is 6.92 Å². The van der Waals surface area contributed by atoms with Crippen LogP contribution in [0.3, 0.4) is 0 Å². The number of ether oxygens (including phenoxy) is 2. The average Bonchev–Trinajstić information content (AvgIpc) is 2.67. The minimum Gasteiger partial charge on any atom is -0.439 e. The van der Waals surface area contributed by atoms with Crippen molar-refractivity contribution >= 4 is 29.0 Å². The van der Waals surface area contributed by atoms with E-state index >= 15 is 0 Å². The maximum absolute atomic E-state index is 12.5. The van der Waals surface area contributed by atoms with Crippen LogP contribution in [0, 0.1) is 13.8 Å². The molecule has 1 aromatic carbocycles.